The molecule has 0 heterocycles. The number of rotatable bonds is 11. The van der Waals surface area contributed by atoms with Crippen LogP contribution in [0.5, 0.6) is 0 Å². The van der Waals surface area contributed by atoms with Crippen molar-refractivity contribution in [1.29, 1.82) is 0 Å². The van der Waals surface area contributed by atoms with E-state index < -0.39 is 5.79 Å². The summed E-state index contributed by atoms with van der Waals surface area (Å²) in [6.45, 7) is 4.25. The fourth-order valence-electron chi connectivity index (χ4n) is 2.07. The van der Waals surface area contributed by atoms with E-state index in [0.29, 0.717) is 5.92 Å². The van der Waals surface area contributed by atoms with Gasteiger partial charge in [-0.2, -0.15) is 12.6 Å². The van der Waals surface area contributed by atoms with Crippen molar-refractivity contribution in [1.82, 2.24) is 0 Å². The van der Waals surface area contributed by atoms with Crippen molar-refractivity contribution >= 4 is 12.6 Å². The predicted molar refractivity (Wildman–Crippen MR) is 77.8 cm³/mol. The van der Waals surface area contributed by atoms with E-state index in [9.17, 15) is 0 Å². The Morgan fingerprint density at radius 1 is 1.06 bits per heavy atom. The Hall–Kier alpha value is 0.270. The summed E-state index contributed by atoms with van der Waals surface area (Å²) >= 11 is 4.44. The zero-order chi connectivity index (χ0) is 13.1. The van der Waals surface area contributed by atoms with Crippen molar-refractivity contribution in [3.63, 3.8) is 0 Å². The Labute approximate surface area is 113 Å². The lowest BCUT2D eigenvalue weighted by Gasteiger charge is -2.30. The van der Waals surface area contributed by atoms with Crippen LogP contribution in [0.2, 0.25) is 0 Å². The highest BCUT2D eigenvalue weighted by atomic mass is 32.1. The van der Waals surface area contributed by atoms with Crippen LogP contribution in [0.3, 0.4) is 0 Å². The second kappa shape index (κ2) is 10.2. The van der Waals surface area contributed by atoms with Crippen LogP contribution in [-0.4, -0.2) is 25.8 Å². The van der Waals surface area contributed by atoms with Gasteiger partial charge in [-0.25, -0.2) is 0 Å². The molecular weight excluding hydrogens is 232 g/mol. The van der Waals surface area contributed by atoms with Crippen molar-refractivity contribution in [3.8, 4) is 0 Å². The van der Waals surface area contributed by atoms with E-state index in [2.05, 4.69) is 19.6 Å². The quantitative estimate of drug-likeness (QED) is 0.340. The summed E-state index contributed by atoms with van der Waals surface area (Å²) < 4.78 is 10.8. The van der Waals surface area contributed by atoms with Crippen LogP contribution in [0.1, 0.15) is 58.8 Å². The van der Waals surface area contributed by atoms with Gasteiger partial charge in [0.15, 0.2) is 5.79 Å². The van der Waals surface area contributed by atoms with Crippen LogP contribution in [-0.2, 0) is 9.47 Å². The molecule has 0 fully saturated rings. The van der Waals surface area contributed by atoms with Gasteiger partial charge < -0.3 is 9.47 Å². The van der Waals surface area contributed by atoms with Gasteiger partial charge in [-0.1, -0.05) is 39.0 Å². The van der Waals surface area contributed by atoms with Gasteiger partial charge in [-0.15, -0.1) is 0 Å². The Morgan fingerprint density at radius 2 is 1.65 bits per heavy atom. The molecule has 0 aliphatic heterocycles. The van der Waals surface area contributed by atoms with Gasteiger partial charge >= 0.3 is 0 Å². The second-order valence-corrected chi connectivity index (χ2v) is 5.36. The largest absolute Gasteiger partial charge is 0.353 e. The fraction of sp³-hybridized carbons (Fsp3) is 1.00. The van der Waals surface area contributed by atoms with Gasteiger partial charge in [0, 0.05) is 20.6 Å². The topological polar surface area (TPSA) is 18.5 Å². The third-order valence-electron chi connectivity index (χ3n) is 3.50. The molecule has 1 unspecified atom stereocenters. The maximum absolute atomic E-state index is 5.41. The maximum Gasteiger partial charge on any atom is 0.165 e. The average Bonchev–Trinajstić information content (AvgIpc) is 2.37. The van der Waals surface area contributed by atoms with E-state index >= 15 is 0 Å². The molecule has 0 radical (unpaired) electrons. The lowest BCUT2D eigenvalue weighted by Crippen LogP contribution is -2.33. The molecule has 0 bridgehead atoms. The lowest BCUT2D eigenvalue weighted by atomic mass is 9.95. The van der Waals surface area contributed by atoms with Crippen LogP contribution in [0.4, 0.5) is 0 Å². The van der Waals surface area contributed by atoms with Crippen LogP contribution < -0.4 is 0 Å². The van der Waals surface area contributed by atoms with E-state index in [1.54, 1.807) is 14.2 Å². The maximum atomic E-state index is 5.41. The molecule has 1 atom stereocenters. The third-order valence-corrected chi connectivity index (χ3v) is 4.01. The molecule has 0 rings (SSSR count). The standard InChI is InChI=1S/C14H30O2S/c1-5-6-7-8-9-10-13(12-17)11-14(2,15-3)16-4/h13,17H,5-12H2,1-4H3. The minimum Gasteiger partial charge on any atom is -0.353 e. The first-order chi connectivity index (χ1) is 8.11. The summed E-state index contributed by atoms with van der Waals surface area (Å²) in [5.41, 5.74) is 0. The normalized spacial score (nSPS) is 13.9. The SMILES string of the molecule is CCCCCCCC(CS)CC(C)(OC)OC. The molecule has 0 saturated heterocycles. The third kappa shape index (κ3) is 8.06. The summed E-state index contributed by atoms with van der Waals surface area (Å²) in [4.78, 5) is 0. The number of unbranched alkanes of at least 4 members (excludes halogenated alkanes) is 4. The zero-order valence-electron chi connectivity index (χ0n) is 12.0. The monoisotopic (exact) mass is 262 g/mol. The summed E-state index contributed by atoms with van der Waals surface area (Å²) in [5.74, 6) is 1.05. The first-order valence-electron chi connectivity index (χ1n) is 6.83. The minimum absolute atomic E-state index is 0.448. The van der Waals surface area contributed by atoms with E-state index in [-0.39, 0.29) is 0 Å². The lowest BCUT2D eigenvalue weighted by molar-refractivity contribution is -0.203. The molecule has 2 nitrogen and oxygen atoms in total. The molecule has 0 aromatic heterocycles. The molecular formula is C14H30O2S. The summed E-state index contributed by atoms with van der Waals surface area (Å²) in [6, 6.07) is 0. The van der Waals surface area contributed by atoms with Crippen LogP contribution in [0.15, 0.2) is 0 Å². The minimum atomic E-state index is -0.448. The van der Waals surface area contributed by atoms with Gasteiger partial charge in [-0.05, 0) is 25.0 Å². The zero-order valence-corrected chi connectivity index (χ0v) is 12.9. The van der Waals surface area contributed by atoms with Crippen molar-refractivity contribution in [3.05, 3.63) is 0 Å². The Balaban J connectivity index is 3.83. The Bertz CT molecular complexity index is 170. The van der Waals surface area contributed by atoms with Gasteiger partial charge in [-0.3, -0.25) is 0 Å². The Morgan fingerprint density at radius 3 is 2.12 bits per heavy atom. The highest BCUT2D eigenvalue weighted by Crippen LogP contribution is 2.26. The highest BCUT2D eigenvalue weighted by molar-refractivity contribution is 7.80. The first kappa shape index (κ1) is 17.3. The predicted octanol–water partition coefficient (Wildman–Crippen LogP) is 4.29. The average molecular weight is 262 g/mol. The van der Waals surface area contributed by atoms with Crippen LogP contribution in [0, 0.1) is 5.92 Å². The molecule has 0 aromatic carbocycles. The van der Waals surface area contributed by atoms with Crippen molar-refractivity contribution in [2.45, 2.75) is 64.6 Å². The molecule has 0 aliphatic carbocycles. The van der Waals surface area contributed by atoms with Crippen molar-refractivity contribution < 1.29 is 9.47 Å². The number of hydrogen-bond acceptors (Lipinski definition) is 3. The molecule has 0 aromatic rings. The van der Waals surface area contributed by atoms with Gasteiger partial charge in [0.25, 0.3) is 0 Å². The molecule has 17 heavy (non-hydrogen) atoms. The molecule has 0 N–H and O–H groups in total. The second-order valence-electron chi connectivity index (χ2n) is 5.00. The van der Waals surface area contributed by atoms with Crippen LogP contribution in [0.25, 0.3) is 0 Å². The molecule has 0 aliphatic rings. The van der Waals surface area contributed by atoms with Gasteiger partial charge in [0.2, 0.25) is 0 Å². The molecule has 0 spiro atoms. The van der Waals surface area contributed by atoms with E-state index in [0.717, 1.165) is 12.2 Å². The number of methoxy groups -OCH3 is 2. The summed E-state index contributed by atoms with van der Waals surface area (Å²) in [6.07, 6.45) is 8.83. The van der Waals surface area contributed by atoms with E-state index in [4.69, 9.17) is 9.47 Å². The first-order valence-corrected chi connectivity index (χ1v) is 7.46. The Kier molecular flexibility index (Phi) is 10.4. The van der Waals surface area contributed by atoms with E-state index in [1.165, 1.54) is 38.5 Å². The molecule has 0 saturated carbocycles. The van der Waals surface area contributed by atoms with Crippen molar-refractivity contribution in [2.75, 3.05) is 20.0 Å². The summed E-state index contributed by atoms with van der Waals surface area (Å²) in [7, 11) is 3.42. The molecule has 0 amide bonds. The van der Waals surface area contributed by atoms with Crippen LogP contribution >= 0.6 is 12.6 Å². The summed E-state index contributed by atoms with van der Waals surface area (Å²) in [5, 5.41) is 0. The number of hydrogen-bond donors (Lipinski definition) is 1. The molecule has 3 heteroatoms. The fourth-order valence-corrected chi connectivity index (χ4v) is 2.38. The van der Waals surface area contributed by atoms with Gasteiger partial charge in [0.05, 0.1) is 0 Å². The highest BCUT2D eigenvalue weighted by Gasteiger charge is 2.26. The van der Waals surface area contributed by atoms with E-state index in [1.807, 2.05) is 6.92 Å². The molecule has 104 valence electrons. The van der Waals surface area contributed by atoms with Crippen molar-refractivity contribution in [2.24, 2.45) is 5.92 Å². The number of thiol groups is 1. The van der Waals surface area contributed by atoms with Gasteiger partial charge in [0.1, 0.15) is 0 Å². The smallest absolute Gasteiger partial charge is 0.165 e. The number of ether oxygens (including phenoxy) is 2.